The van der Waals surface area contributed by atoms with E-state index in [1.54, 1.807) is 21.0 Å². The Kier molecular flexibility index (Phi) is 4.19. The van der Waals surface area contributed by atoms with Crippen LogP contribution in [0.2, 0.25) is 4.47 Å². The van der Waals surface area contributed by atoms with E-state index in [-0.39, 0.29) is 15.4 Å². The first kappa shape index (κ1) is 12.9. The Balaban J connectivity index is 2.61. The molecule has 8 heteroatoms. The molecule has 0 bridgehead atoms. The highest BCUT2D eigenvalue weighted by molar-refractivity contribution is 7.17. The van der Waals surface area contributed by atoms with E-state index in [0.717, 1.165) is 11.3 Å². The van der Waals surface area contributed by atoms with E-state index < -0.39 is 11.9 Å². The van der Waals surface area contributed by atoms with Crippen molar-refractivity contribution < 1.29 is 9.59 Å². The molecule has 0 spiro atoms. The molecule has 16 heavy (non-hydrogen) atoms. The van der Waals surface area contributed by atoms with Crippen LogP contribution in [-0.2, 0) is 4.79 Å². The fourth-order valence-electron chi connectivity index (χ4n) is 1.00. The number of hydrogen-bond acceptors (Lipinski definition) is 5. The third-order valence-electron chi connectivity index (χ3n) is 1.75. The lowest BCUT2D eigenvalue weighted by atomic mass is 10.3. The molecule has 2 amide bonds. The zero-order valence-corrected chi connectivity index (χ0v) is 10.6. The summed E-state index contributed by atoms with van der Waals surface area (Å²) in [5, 5.41) is 9.73. The lowest BCUT2D eigenvalue weighted by molar-refractivity contribution is -0.130. The Bertz CT molecular complexity index is 406. The van der Waals surface area contributed by atoms with Crippen LogP contribution in [0.25, 0.3) is 0 Å². The molecule has 1 heterocycles. The largest absolute Gasteiger partial charge is 0.347 e. The maximum atomic E-state index is 11.6. The summed E-state index contributed by atoms with van der Waals surface area (Å²) in [7, 11) is 3.24. The molecule has 0 radical (unpaired) electrons. The van der Waals surface area contributed by atoms with Gasteiger partial charge in [-0.2, -0.15) is 0 Å². The number of halogens is 1. The van der Waals surface area contributed by atoms with Crippen molar-refractivity contribution in [2.75, 3.05) is 14.1 Å². The topological polar surface area (TPSA) is 75.2 Å². The van der Waals surface area contributed by atoms with Crippen LogP contribution < -0.4 is 5.32 Å². The van der Waals surface area contributed by atoms with E-state index in [9.17, 15) is 9.59 Å². The van der Waals surface area contributed by atoms with Crippen LogP contribution >= 0.6 is 22.9 Å². The Labute approximate surface area is 102 Å². The van der Waals surface area contributed by atoms with Gasteiger partial charge in [0.2, 0.25) is 15.4 Å². The van der Waals surface area contributed by atoms with E-state index >= 15 is 0 Å². The van der Waals surface area contributed by atoms with Gasteiger partial charge in [0, 0.05) is 14.1 Å². The quantitative estimate of drug-likeness (QED) is 0.856. The second-order valence-corrected chi connectivity index (χ2v) is 4.85. The minimum Gasteiger partial charge on any atom is -0.347 e. The summed E-state index contributed by atoms with van der Waals surface area (Å²) in [6.45, 7) is 1.60. The van der Waals surface area contributed by atoms with E-state index in [4.69, 9.17) is 11.6 Å². The van der Waals surface area contributed by atoms with Crippen molar-refractivity contribution in [1.29, 1.82) is 0 Å². The fourth-order valence-corrected chi connectivity index (χ4v) is 1.74. The van der Waals surface area contributed by atoms with Crippen molar-refractivity contribution in [3.63, 3.8) is 0 Å². The molecule has 0 saturated heterocycles. The van der Waals surface area contributed by atoms with Crippen LogP contribution in [0.4, 0.5) is 0 Å². The monoisotopic (exact) mass is 262 g/mol. The van der Waals surface area contributed by atoms with E-state index in [0.29, 0.717) is 0 Å². The summed E-state index contributed by atoms with van der Waals surface area (Å²) in [4.78, 5) is 24.4. The van der Waals surface area contributed by atoms with Crippen molar-refractivity contribution in [3.05, 3.63) is 9.47 Å². The van der Waals surface area contributed by atoms with Crippen molar-refractivity contribution >= 4 is 34.8 Å². The van der Waals surface area contributed by atoms with Crippen molar-refractivity contribution in [1.82, 2.24) is 20.4 Å². The Morgan fingerprint density at radius 2 is 2.06 bits per heavy atom. The predicted molar refractivity (Wildman–Crippen MR) is 60.5 cm³/mol. The molecule has 88 valence electrons. The van der Waals surface area contributed by atoms with E-state index in [1.807, 2.05) is 0 Å². The predicted octanol–water partition coefficient (Wildman–Crippen LogP) is 0.398. The first-order valence-electron chi connectivity index (χ1n) is 4.43. The van der Waals surface area contributed by atoms with Gasteiger partial charge in [0.25, 0.3) is 5.91 Å². The summed E-state index contributed by atoms with van der Waals surface area (Å²) < 4.78 is 0.191. The zero-order valence-electron chi connectivity index (χ0n) is 9.02. The number of nitrogens with zero attached hydrogens (tertiary/aromatic N) is 3. The highest BCUT2D eigenvalue weighted by atomic mass is 35.5. The molecule has 1 aromatic heterocycles. The van der Waals surface area contributed by atoms with E-state index in [2.05, 4.69) is 15.5 Å². The van der Waals surface area contributed by atoms with Crippen LogP contribution in [0.5, 0.6) is 0 Å². The van der Waals surface area contributed by atoms with Crippen LogP contribution in [-0.4, -0.2) is 47.0 Å². The Morgan fingerprint density at radius 3 is 2.50 bits per heavy atom. The van der Waals surface area contributed by atoms with Gasteiger partial charge in [0.15, 0.2) is 0 Å². The molecule has 1 N–H and O–H groups in total. The van der Waals surface area contributed by atoms with Crippen LogP contribution in [0.15, 0.2) is 0 Å². The fraction of sp³-hybridized carbons (Fsp3) is 0.500. The second kappa shape index (κ2) is 5.22. The molecule has 6 nitrogen and oxygen atoms in total. The van der Waals surface area contributed by atoms with Gasteiger partial charge in [-0.25, -0.2) is 0 Å². The van der Waals surface area contributed by atoms with Gasteiger partial charge in [-0.05, 0) is 18.5 Å². The van der Waals surface area contributed by atoms with Gasteiger partial charge in [-0.15, -0.1) is 10.2 Å². The number of carbonyl (C=O) groups excluding carboxylic acids is 2. The second-order valence-electron chi connectivity index (χ2n) is 3.29. The zero-order chi connectivity index (χ0) is 12.3. The lowest BCUT2D eigenvalue weighted by Crippen LogP contribution is -2.44. The third kappa shape index (κ3) is 3.14. The molecular formula is C8H11ClN4O2S. The molecule has 0 aliphatic rings. The molecule has 0 aliphatic heterocycles. The van der Waals surface area contributed by atoms with Gasteiger partial charge in [-0.3, -0.25) is 9.59 Å². The summed E-state index contributed by atoms with van der Waals surface area (Å²) in [5.41, 5.74) is 0. The Morgan fingerprint density at radius 1 is 1.44 bits per heavy atom. The molecule has 0 aliphatic carbocycles. The number of aromatic nitrogens is 2. The lowest BCUT2D eigenvalue weighted by Gasteiger charge is -2.17. The first-order chi connectivity index (χ1) is 7.41. The minimum absolute atomic E-state index is 0.142. The normalized spacial score (nSPS) is 12.0. The summed E-state index contributed by atoms with van der Waals surface area (Å²) in [5.74, 6) is -0.643. The summed E-state index contributed by atoms with van der Waals surface area (Å²) in [6.07, 6.45) is 0. The van der Waals surface area contributed by atoms with Crippen LogP contribution in [0.1, 0.15) is 16.7 Å². The SMILES string of the molecule is CC(NC(=O)c1nnc(Cl)s1)C(=O)N(C)C. The van der Waals surface area contributed by atoms with E-state index in [1.165, 1.54) is 4.90 Å². The Hall–Kier alpha value is -1.21. The molecule has 1 aromatic rings. The molecule has 1 rings (SSSR count). The maximum Gasteiger partial charge on any atom is 0.282 e. The molecule has 0 fully saturated rings. The molecule has 0 aromatic carbocycles. The standard InChI is InChI=1S/C8H11ClN4O2S/c1-4(7(15)13(2)3)10-5(14)6-11-12-8(9)16-6/h4H,1-3H3,(H,10,14). The van der Waals surface area contributed by atoms with Crippen molar-refractivity contribution in [2.24, 2.45) is 0 Å². The highest BCUT2D eigenvalue weighted by Crippen LogP contribution is 2.14. The number of likely N-dealkylation sites (N-methyl/N-ethyl adjacent to an activating group) is 1. The van der Waals surface area contributed by atoms with Crippen molar-refractivity contribution in [3.8, 4) is 0 Å². The number of carbonyl (C=O) groups is 2. The van der Waals surface area contributed by atoms with Crippen LogP contribution in [0.3, 0.4) is 0 Å². The van der Waals surface area contributed by atoms with Crippen molar-refractivity contribution in [2.45, 2.75) is 13.0 Å². The van der Waals surface area contributed by atoms with Gasteiger partial charge in [0.1, 0.15) is 6.04 Å². The number of rotatable bonds is 3. The van der Waals surface area contributed by atoms with Gasteiger partial charge in [-0.1, -0.05) is 11.3 Å². The number of hydrogen-bond donors (Lipinski definition) is 1. The average molecular weight is 263 g/mol. The van der Waals surface area contributed by atoms with Gasteiger partial charge in [0.05, 0.1) is 0 Å². The molecule has 1 atom stereocenters. The highest BCUT2D eigenvalue weighted by Gasteiger charge is 2.20. The van der Waals surface area contributed by atoms with Gasteiger partial charge < -0.3 is 10.2 Å². The summed E-state index contributed by atoms with van der Waals surface area (Å²) >= 11 is 6.51. The number of nitrogens with one attached hydrogen (secondary N) is 1. The third-order valence-corrected chi connectivity index (χ3v) is 2.77. The average Bonchev–Trinajstić information content (AvgIpc) is 2.63. The van der Waals surface area contributed by atoms with Crippen LogP contribution in [0, 0.1) is 0 Å². The minimum atomic E-state index is -0.606. The maximum absolute atomic E-state index is 11.6. The number of amides is 2. The first-order valence-corrected chi connectivity index (χ1v) is 5.62. The van der Waals surface area contributed by atoms with Gasteiger partial charge >= 0.3 is 0 Å². The molecule has 1 unspecified atom stereocenters. The smallest absolute Gasteiger partial charge is 0.282 e. The molecular weight excluding hydrogens is 252 g/mol. The summed E-state index contributed by atoms with van der Waals surface area (Å²) in [6, 6.07) is -0.606. The molecule has 0 saturated carbocycles.